The standard InChI is InChI=1S/C8H8N4O/c9-3-6(11)7(4-10)12-8(13)5-1-2-5/h5,7,11H,1-2H2,(H,12,13)/t7-/m0/s1. The molecule has 13 heavy (non-hydrogen) atoms. The van der Waals surface area contributed by atoms with Gasteiger partial charge in [0.1, 0.15) is 11.8 Å². The van der Waals surface area contributed by atoms with Gasteiger partial charge in [-0.3, -0.25) is 10.2 Å². The number of nitriles is 2. The average molecular weight is 176 g/mol. The quantitative estimate of drug-likeness (QED) is 0.589. The van der Waals surface area contributed by atoms with Crippen molar-refractivity contribution in [2.75, 3.05) is 0 Å². The Hall–Kier alpha value is -1.88. The van der Waals surface area contributed by atoms with Crippen LogP contribution < -0.4 is 5.32 Å². The Labute approximate surface area is 75.5 Å². The lowest BCUT2D eigenvalue weighted by Gasteiger charge is -2.06. The third kappa shape index (κ3) is 2.28. The van der Waals surface area contributed by atoms with Crippen molar-refractivity contribution < 1.29 is 4.79 Å². The molecule has 0 spiro atoms. The second-order valence-electron chi connectivity index (χ2n) is 2.87. The zero-order chi connectivity index (χ0) is 9.84. The van der Waals surface area contributed by atoms with E-state index in [9.17, 15) is 4.79 Å². The fraction of sp³-hybridized carbons (Fsp3) is 0.500. The number of rotatable bonds is 3. The van der Waals surface area contributed by atoms with Crippen molar-refractivity contribution in [3.63, 3.8) is 0 Å². The van der Waals surface area contributed by atoms with E-state index in [0.29, 0.717) is 0 Å². The highest BCUT2D eigenvalue weighted by molar-refractivity contribution is 6.04. The minimum atomic E-state index is -1.09. The van der Waals surface area contributed by atoms with Gasteiger partial charge in [-0.05, 0) is 12.8 Å². The summed E-state index contributed by atoms with van der Waals surface area (Å²) in [7, 11) is 0. The van der Waals surface area contributed by atoms with Crippen LogP contribution >= 0.6 is 0 Å². The third-order valence-electron chi connectivity index (χ3n) is 1.77. The van der Waals surface area contributed by atoms with Gasteiger partial charge in [-0.15, -0.1) is 0 Å². The Morgan fingerprint density at radius 3 is 2.54 bits per heavy atom. The zero-order valence-corrected chi connectivity index (χ0v) is 6.87. The highest BCUT2D eigenvalue weighted by Crippen LogP contribution is 2.28. The van der Waals surface area contributed by atoms with Crippen molar-refractivity contribution in [3.8, 4) is 12.1 Å². The van der Waals surface area contributed by atoms with Crippen LogP contribution in [0.15, 0.2) is 0 Å². The molecule has 1 atom stereocenters. The number of carbonyl (C=O) groups excluding carboxylic acids is 1. The molecule has 0 heterocycles. The van der Waals surface area contributed by atoms with Crippen LogP contribution in [0.25, 0.3) is 0 Å². The van der Waals surface area contributed by atoms with Crippen molar-refractivity contribution in [3.05, 3.63) is 0 Å². The van der Waals surface area contributed by atoms with Crippen molar-refractivity contribution in [2.45, 2.75) is 18.9 Å². The second kappa shape index (κ2) is 3.68. The fourth-order valence-corrected chi connectivity index (χ4v) is 0.839. The molecule has 0 aliphatic heterocycles. The average Bonchev–Trinajstić information content (AvgIpc) is 2.95. The molecule has 1 aliphatic carbocycles. The molecule has 0 bridgehead atoms. The monoisotopic (exact) mass is 176 g/mol. The van der Waals surface area contributed by atoms with Crippen LogP contribution in [0.2, 0.25) is 0 Å². The molecule has 0 radical (unpaired) electrons. The molecule has 1 rings (SSSR count). The molecule has 0 unspecified atom stereocenters. The van der Waals surface area contributed by atoms with E-state index in [-0.39, 0.29) is 11.8 Å². The number of nitrogens with one attached hydrogen (secondary N) is 2. The van der Waals surface area contributed by atoms with Gasteiger partial charge in [-0.25, -0.2) is 0 Å². The van der Waals surface area contributed by atoms with Crippen molar-refractivity contribution in [1.82, 2.24) is 5.32 Å². The maximum Gasteiger partial charge on any atom is 0.224 e. The van der Waals surface area contributed by atoms with Crippen molar-refractivity contribution >= 4 is 11.6 Å². The molecule has 1 saturated carbocycles. The predicted octanol–water partition coefficient (Wildman–Crippen LogP) is -0.0519. The molecule has 2 N–H and O–H groups in total. The van der Waals surface area contributed by atoms with Gasteiger partial charge in [-0.2, -0.15) is 10.5 Å². The first kappa shape index (κ1) is 9.21. The van der Waals surface area contributed by atoms with E-state index in [1.54, 1.807) is 6.07 Å². The van der Waals surface area contributed by atoms with Gasteiger partial charge in [-0.1, -0.05) is 0 Å². The summed E-state index contributed by atoms with van der Waals surface area (Å²) >= 11 is 0. The van der Waals surface area contributed by atoms with Crippen LogP contribution in [0.5, 0.6) is 0 Å². The fourth-order valence-electron chi connectivity index (χ4n) is 0.839. The zero-order valence-electron chi connectivity index (χ0n) is 6.87. The number of hydrogen-bond acceptors (Lipinski definition) is 4. The number of hydrogen-bond donors (Lipinski definition) is 2. The summed E-state index contributed by atoms with van der Waals surface area (Å²) < 4.78 is 0. The van der Waals surface area contributed by atoms with Gasteiger partial charge >= 0.3 is 0 Å². The molecular formula is C8H8N4O. The van der Waals surface area contributed by atoms with Crippen LogP contribution in [-0.2, 0) is 4.79 Å². The van der Waals surface area contributed by atoms with Gasteiger partial charge in [0, 0.05) is 5.92 Å². The van der Waals surface area contributed by atoms with E-state index >= 15 is 0 Å². The summed E-state index contributed by atoms with van der Waals surface area (Å²) in [5.41, 5.74) is -0.420. The van der Waals surface area contributed by atoms with E-state index in [2.05, 4.69) is 5.32 Å². The van der Waals surface area contributed by atoms with Crippen LogP contribution in [-0.4, -0.2) is 17.7 Å². The molecule has 0 aromatic rings. The molecule has 1 aliphatic rings. The first-order chi connectivity index (χ1) is 6.19. The largest absolute Gasteiger partial charge is 0.335 e. The predicted molar refractivity (Wildman–Crippen MR) is 43.6 cm³/mol. The molecule has 0 aromatic carbocycles. The number of carbonyl (C=O) groups is 1. The first-order valence-corrected chi connectivity index (χ1v) is 3.87. The van der Waals surface area contributed by atoms with E-state index < -0.39 is 11.8 Å². The van der Waals surface area contributed by atoms with Gasteiger partial charge < -0.3 is 5.32 Å². The second-order valence-corrected chi connectivity index (χ2v) is 2.87. The van der Waals surface area contributed by atoms with Crippen LogP contribution in [0.1, 0.15) is 12.8 Å². The molecule has 0 aromatic heterocycles. The Balaban J connectivity index is 2.50. The third-order valence-corrected chi connectivity index (χ3v) is 1.77. The Kier molecular flexibility index (Phi) is 2.61. The molecule has 1 amide bonds. The molecule has 66 valence electrons. The maximum atomic E-state index is 11.1. The van der Waals surface area contributed by atoms with E-state index in [0.717, 1.165) is 12.8 Å². The van der Waals surface area contributed by atoms with Crippen LogP contribution in [0.4, 0.5) is 0 Å². The van der Waals surface area contributed by atoms with E-state index in [1.807, 2.05) is 0 Å². The smallest absolute Gasteiger partial charge is 0.224 e. The topological polar surface area (TPSA) is 101 Å². The van der Waals surface area contributed by atoms with E-state index in [4.69, 9.17) is 15.9 Å². The van der Waals surface area contributed by atoms with Crippen molar-refractivity contribution in [1.29, 1.82) is 15.9 Å². The lowest BCUT2D eigenvalue weighted by molar-refractivity contribution is -0.122. The van der Waals surface area contributed by atoms with Gasteiger partial charge in [0.15, 0.2) is 6.04 Å². The Bertz CT molecular complexity index is 318. The lowest BCUT2D eigenvalue weighted by atomic mass is 10.2. The summed E-state index contributed by atoms with van der Waals surface area (Å²) in [4.78, 5) is 11.1. The Morgan fingerprint density at radius 2 is 2.15 bits per heavy atom. The highest BCUT2D eigenvalue weighted by Gasteiger charge is 2.31. The summed E-state index contributed by atoms with van der Waals surface area (Å²) in [6, 6.07) is 2.13. The molecule has 5 nitrogen and oxygen atoms in total. The number of amides is 1. The summed E-state index contributed by atoms with van der Waals surface area (Å²) in [5, 5.41) is 26.2. The van der Waals surface area contributed by atoms with Crippen LogP contribution in [0, 0.1) is 34.0 Å². The van der Waals surface area contributed by atoms with Gasteiger partial charge in [0.25, 0.3) is 0 Å². The lowest BCUT2D eigenvalue weighted by Crippen LogP contribution is -2.39. The van der Waals surface area contributed by atoms with Crippen LogP contribution in [0.3, 0.4) is 0 Å². The molecular weight excluding hydrogens is 168 g/mol. The van der Waals surface area contributed by atoms with E-state index in [1.165, 1.54) is 6.07 Å². The summed E-state index contributed by atoms with van der Waals surface area (Å²) in [6.45, 7) is 0. The first-order valence-electron chi connectivity index (χ1n) is 3.87. The van der Waals surface area contributed by atoms with Gasteiger partial charge in [0.05, 0.1) is 6.07 Å². The maximum absolute atomic E-state index is 11.1. The molecule has 0 saturated heterocycles. The normalized spacial score (nSPS) is 16.5. The van der Waals surface area contributed by atoms with Gasteiger partial charge in [0.2, 0.25) is 5.91 Å². The SMILES string of the molecule is N#CC(=N)[C@H](C#N)NC(=O)C1CC1. The number of nitrogens with zero attached hydrogens (tertiary/aromatic N) is 2. The minimum absolute atomic E-state index is 0.0117. The summed E-state index contributed by atoms with van der Waals surface area (Å²) in [5.74, 6) is -0.242. The van der Waals surface area contributed by atoms with Crippen molar-refractivity contribution in [2.24, 2.45) is 5.92 Å². The summed E-state index contributed by atoms with van der Waals surface area (Å²) in [6.07, 6.45) is 1.67. The molecule has 1 fully saturated rings. The highest BCUT2D eigenvalue weighted by atomic mass is 16.2. The Morgan fingerprint density at radius 1 is 1.54 bits per heavy atom. The molecule has 5 heteroatoms. The minimum Gasteiger partial charge on any atom is -0.335 e.